The maximum Gasteiger partial charge on any atom is 0.336 e. The number of hydrogen-bond donors (Lipinski definition) is 2. The van der Waals surface area contributed by atoms with Gasteiger partial charge < -0.3 is 19.9 Å². The van der Waals surface area contributed by atoms with E-state index in [0.717, 1.165) is 0 Å². The molecule has 180 valence electrons. The van der Waals surface area contributed by atoms with Gasteiger partial charge in [0.1, 0.15) is 17.4 Å². The number of para-hydroxylation sites is 1. The van der Waals surface area contributed by atoms with Gasteiger partial charge in [-0.15, -0.1) is 11.3 Å². The van der Waals surface area contributed by atoms with E-state index in [0.29, 0.717) is 38.6 Å². The maximum absolute atomic E-state index is 12.9. The van der Waals surface area contributed by atoms with Crippen LogP contribution in [0.4, 0.5) is 5.82 Å². The minimum atomic E-state index is -1.14. The number of methoxy groups -OCH3 is 1. The second-order valence-electron chi connectivity index (χ2n) is 7.67. The number of rotatable bonds is 8. The average molecular weight is 500 g/mol. The van der Waals surface area contributed by atoms with E-state index in [4.69, 9.17) is 9.47 Å². The Bertz CT molecular complexity index is 1480. The molecule has 2 aromatic carbocycles. The van der Waals surface area contributed by atoms with Gasteiger partial charge in [-0.3, -0.25) is 4.79 Å². The van der Waals surface area contributed by atoms with Gasteiger partial charge in [0.05, 0.1) is 16.1 Å². The van der Waals surface area contributed by atoms with Crippen LogP contribution in [0.2, 0.25) is 0 Å². The first-order valence-electron chi connectivity index (χ1n) is 10.8. The molecule has 9 heteroatoms. The molecule has 0 unspecified atom stereocenters. The quantitative estimate of drug-likeness (QED) is 0.303. The van der Waals surface area contributed by atoms with E-state index < -0.39 is 11.9 Å². The van der Waals surface area contributed by atoms with Gasteiger partial charge in [0.25, 0.3) is 5.91 Å². The van der Waals surface area contributed by atoms with Gasteiger partial charge in [-0.2, -0.15) is 5.26 Å². The predicted molar refractivity (Wildman–Crippen MR) is 136 cm³/mol. The Labute approximate surface area is 211 Å². The number of hydrogen-bond acceptors (Lipinski definition) is 7. The SMILES string of the molecule is COCOc1ccccc1-c1cc(-c2c(C)cccc2C(=O)O)c(C#N)c(NC(=O)c2cccs2)n1. The van der Waals surface area contributed by atoms with Gasteiger partial charge in [-0.25, -0.2) is 9.78 Å². The fraction of sp³-hybridized carbons (Fsp3) is 0.111. The van der Waals surface area contributed by atoms with E-state index in [1.807, 2.05) is 0 Å². The second kappa shape index (κ2) is 10.8. The number of nitrogens with one attached hydrogen (secondary N) is 1. The number of carbonyl (C=O) groups excluding carboxylic acids is 1. The number of aryl methyl sites for hydroxylation is 1. The molecule has 0 aliphatic rings. The lowest BCUT2D eigenvalue weighted by atomic mass is 9.91. The highest BCUT2D eigenvalue weighted by Gasteiger charge is 2.23. The molecule has 2 N–H and O–H groups in total. The number of thiophene rings is 1. The molecule has 8 nitrogen and oxygen atoms in total. The number of nitriles is 1. The average Bonchev–Trinajstić information content (AvgIpc) is 3.42. The summed E-state index contributed by atoms with van der Waals surface area (Å²) in [5.74, 6) is -1.07. The van der Waals surface area contributed by atoms with Crippen molar-refractivity contribution in [2.75, 3.05) is 19.2 Å². The van der Waals surface area contributed by atoms with Crippen molar-refractivity contribution < 1.29 is 24.2 Å². The fourth-order valence-corrected chi connectivity index (χ4v) is 4.41. The van der Waals surface area contributed by atoms with Crippen LogP contribution in [0, 0.1) is 18.3 Å². The molecule has 4 rings (SSSR count). The molecule has 36 heavy (non-hydrogen) atoms. The number of benzene rings is 2. The normalized spacial score (nSPS) is 10.5. The number of aromatic carboxylic acids is 1. The zero-order chi connectivity index (χ0) is 25.7. The number of anilines is 1. The Hall–Kier alpha value is -4.52. The lowest BCUT2D eigenvalue weighted by Crippen LogP contribution is -2.14. The van der Waals surface area contributed by atoms with Gasteiger partial charge in [0.15, 0.2) is 12.6 Å². The van der Waals surface area contributed by atoms with Gasteiger partial charge in [0, 0.05) is 23.8 Å². The first-order chi connectivity index (χ1) is 17.4. The summed E-state index contributed by atoms with van der Waals surface area (Å²) in [4.78, 5) is 30.0. The molecule has 0 aliphatic heterocycles. The van der Waals surface area contributed by atoms with Crippen LogP contribution >= 0.6 is 11.3 Å². The maximum atomic E-state index is 12.9. The smallest absolute Gasteiger partial charge is 0.336 e. The van der Waals surface area contributed by atoms with Crippen LogP contribution in [0.1, 0.15) is 31.2 Å². The van der Waals surface area contributed by atoms with Crippen molar-refractivity contribution in [3.8, 4) is 34.2 Å². The molecule has 2 aromatic heterocycles. The van der Waals surface area contributed by atoms with Gasteiger partial charge in [-0.05, 0) is 48.2 Å². The molecule has 1 amide bonds. The van der Waals surface area contributed by atoms with E-state index in [1.54, 1.807) is 66.9 Å². The molecule has 4 aromatic rings. The van der Waals surface area contributed by atoms with E-state index in [9.17, 15) is 20.0 Å². The van der Waals surface area contributed by atoms with Crippen LogP contribution in [-0.4, -0.2) is 35.9 Å². The van der Waals surface area contributed by atoms with Crippen molar-refractivity contribution in [1.82, 2.24) is 4.98 Å². The van der Waals surface area contributed by atoms with Crippen molar-refractivity contribution >= 4 is 29.0 Å². The Kier molecular flexibility index (Phi) is 7.39. The zero-order valence-corrected chi connectivity index (χ0v) is 20.3. The van der Waals surface area contributed by atoms with Crippen molar-refractivity contribution in [3.63, 3.8) is 0 Å². The summed E-state index contributed by atoms with van der Waals surface area (Å²) in [5, 5.41) is 24.5. The standard InChI is InChI=1S/C27H21N3O5S/c1-16-7-5-9-18(27(32)33)24(16)19-13-21(17-8-3-4-10-22(17)35-15-34-2)29-25(20(19)14-28)30-26(31)23-11-6-12-36-23/h3-13H,15H2,1-2H3,(H,32,33)(H,29,30,31). The number of amides is 1. The highest BCUT2D eigenvalue weighted by Crippen LogP contribution is 2.38. The summed E-state index contributed by atoms with van der Waals surface area (Å²) in [6.07, 6.45) is 0. The van der Waals surface area contributed by atoms with E-state index in [1.165, 1.54) is 24.5 Å². The summed E-state index contributed by atoms with van der Waals surface area (Å²) in [6.45, 7) is 1.77. The van der Waals surface area contributed by atoms with Gasteiger partial charge in [0.2, 0.25) is 0 Å². The van der Waals surface area contributed by atoms with Crippen LogP contribution in [0.5, 0.6) is 5.75 Å². The van der Waals surface area contributed by atoms with Crippen LogP contribution in [-0.2, 0) is 4.74 Å². The third-order valence-corrected chi connectivity index (χ3v) is 6.24. The second-order valence-corrected chi connectivity index (χ2v) is 8.62. The van der Waals surface area contributed by atoms with E-state index in [2.05, 4.69) is 16.4 Å². The molecule has 0 radical (unpaired) electrons. The highest BCUT2D eigenvalue weighted by molar-refractivity contribution is 7.12. The predicted octanol–water partition coefficient (Wildman–Crippen LogP) is 5.59. The lowest BCUT2D eigenvalue weighted by molar-refractivity contribution is 0.0515. The Morgan fingerprint density at radius 2 is 1.92 bits per heavy atom. The van der Waals surface area contributed by atoms with Crippen LogP contribution in [0.25, 0.3) is 22.4 Å². The number of carboxylic acids is 1. The van der Waals surface area contributed by atoms with E-state index >= 15 is 0 Å². The minimum Gasteiger partial charge on any atom is -0.478 e. The topological polar surface area (TPSA) is 122 Å². The molecule has 0 atom stereocenters. The summed E-state index contributed by atoms with van der Waals surface area (Å²) in [7, 11) is 1.50. The zero-order valence-electron chi connectivity index (χ0n) is 19.4. The van der Waals surface area contributed by atoms with Crippen LogP contribution < -0.4 is 10.1 Å². The number of nitrogens with zero attached hydrogens (tertiary/aromatic N) is 2. The first kappa shape index (κ1) is 24.6. The molecular weight excluding hydrogens is 478 g/mol. The summed E-state index contributed by atoms with van der Waals surface area (Å²) in [6, 6.07) is 19.2. The van der Waals surface area contributed by atoms with Crippen molar-refractivity contribution in [2.24, 2.45) is 0 Å². The third kappa shape index (κ3) is 4.95. The number of aromatic nitrogens is 1. The summed E-state index contributed by atoms with van der Waals surface area (Å²) < 4.78 is 10.7. The summed E-state index contributed by atoms with van der Waals surface area (Å²) in [5.41, 5.74) is 2.41. The number of carboxylic acid groups (broad SMARTS) is 1. The molecule has 0 fully saturated rings. The highest BCUT2D eigenvalue weighted by atomic mass is 32.1. The van der Waals surface area contributed by atoms with Gasteiger partial charge in [-0.1, -0.05) is 30.3 Å². The van der Waals surface area contributed by atoms with Crippen molar-refractivity contribution in [3.05, 3.63) is 87.6 Å². The number of ether oxygens (including phenoxy) is 2. The molecule has 0 spiro atoms. The Morgan fingerprint density at radius 3 is 2.61 bits per heavy atom. The molecule has 0 saturated heterocycles. The molecule has 0 aliphatic carbocycles. The Balaban J connectivity index is 1.99. The van der Waals surface area contributed by atoms with Crippen molar-refractivity contribution in [2.45, 2.75) is 6.92 Å². The molecule has 2 heterocycles. The molecule has 0 bridgehead atoms. The van der Waals surface area contributed by atoms with E-state index in [-0.39, 0.29) is 23.7 Å². The number of carbonyl (C=O) groups is 2. The lowest BCUT2D eigenvalue weighted by Gasteiger charge is -2.17. The molecular formula is C27H21N3O5S. The van der Waals surface area contributed by atoms with Crippen LogP contribution in [0.3, 0.4) is 0 Å². The largest absolute Gasteiger partial charge is 0.478 e. The monoisotopic (exact) mass is 499 g/mol. The minimum absolute atomic E-state index is 0.00305. The van der Waals surface area contributed by atoms with Crippen molar-refractivity contribution in [1.29, 1.82) is 5.26 Å². The first-order valence-corrected chi connectivity index (χ1v) is 11.7. The van der Waals surface area contributed by atoms with Gasteiger partial charge >= 0.3 is 5.97 Å². The molecule has 0 saturated carbocycles. The third-order valence-electron chi connectivity index (χ3n) is 5.38. The summed E-state index contributed by atoms with van der Waals surface area (Å²) >= 11 is 1.25. The number of pyridine rings is 1. The fourth-order valence-electron chi connectivity index (χ4n) is 3.79. The van der Waals surface area contributed by atoms with Crippen LogP contribution in [0.15, 0.2) is 66.0 Å². The Morgan fingerprint density at radius 1 is 1.11 bits per heavy atom.